The first kappa shape index (κ1) is 16.7. The van der Waals surface area contributed by atoms with Gasteiger partial charge in [0, 0.05) is 17.8 Å². The molecule has 1 N–H and O–H groups in total. The molecular weight excluding hydrogens is 334 g/mol. The Morgan fingerprint density at radius 2 is 2.00 bits per heavy atom. The molecule has 0 radical (unpaired) electrons. The number of carbonyl (C=O) groups excluding carboxylic acids is 1. The number of carbonyl (C=O) groups is 1. The zero-order valence-electron chi connectivity index (χ0n) is 15.7. The Hall–Kier alpha value is -2.42. The fraction of sp³-hybridized carbons (Fsp3) is 0.417. The average molecular weight is 359 g/mol. The lowest BCUT2D eigenvalue weighted by Crippen LogP contribution is -2.42. The van der Waals surface area contributed by atoms with Gasteiger partial charge in [-0.1, -0.05) is 13.0 Å². The van der Waals surface area contributed by atoms with Crippen LogP contribution in [0, 0.1) is 17.3 Å². The van der Waals surface area contributed by atoms with Gasteiger partial charge >= 0.3 is 0 Å². The summed E-state index contributed by atoms with van der Waals surface area (Å²) in [4.78, 5) is 17.4. The fourth-order valence-corrected chi connectivity index (χ4v) is 6.03. The molecule has 0 spiro atoms. The van der Waals surface area contributed by atoms with E-state index in [9.17, 15) is 9.90 Å². The van der Waals surface area contributed by atoms with E-state index >= 15 is 0 Å². The van der Waals surface area contributed by atoms with Gasteiger partial charge in [0.25, 0.3) is 0 Å². The molecule has 138 valence electrons. The number of hydrogen-bond donors (Lipinski definition) is 1. The second kappa shape index (κ2) is 6.05. The van der Waals surface area contributed by atoms with Crippen molar-refractivity contribution < 1.29 is 9.90 Å². The summed E-state index contributed by atoms with van der Waals surface area (Å²) < 4.78 is 0. The molecule has 3 aliphatic rings. The largest absolute Gasteiger partial charge is 0.508 e. The van der Waals surface area contributed by atoms with E-state index in [0.29, 0.717) is 29.3 Å². The molecule has 0 bridgehead atoms. The van der Waals surface area contributed by atoms with E-state index in [1.165, 1.54) is 11.1 Å². The summed E-state index contributed by atoms with van der Waals surface area (Å²) in [6.07, 6.45) is 10.7. The summed E-state index contributed by atoms with van der Waals surface area (Å²) in [6, 6.07) is 9.82. The van der Waals surface area contributed by atoms with Crippen LogP contribution in [-0.2, 0) is 11.2 Å². The Bertz CT molecular complexity index is 933. The Morgan fingerprint density at radius 1 is 1.19 bits per heavy atom. The molecule has 4 unspecified atom stereocenters. The van der Waals surface area contributed by atoms with Gasteiger partial charge in [-0.3, -0.25) is 9.78 Å². The van der Waals surface area contributed by atoms with Crippen molar-refractivity contribution in [1.82, 2.24) is 4.98 Å². The van der Waals surface area contributed by atoms with E-state index in [2.05, 4.69) is 24.1 Å². The molecule has 0 amide bonds. The third kappa shape index (κ3) is 2.55. The number of phenolic OH excluding ortho intramolecular Hbond substituents is 1. The molecule has 3 aliphatic carbocycles. The van der Waals surface area contributed by atoms with Gasteiger partial charge in [0.15, 0.2) is 5.78 Å². The highest BCUT2D eigenvalue weighted by atomic mass is 16.3. The maximum absolute atomic E-state index is 13.3. The molecule has 4 atom stereocenters. The summed E-state index contributed by atoms with van der Waals surface area (Å²) in [5, 5.41) is 9.83. The predicted molar refractivity (Wildman–Crippen MR) is 105 cm³/mol. The molecule has 2 aromatic rings. The minimum Gasteiger partial charge on any atom is -0.508 e. The van der Waals surface area contributed by atoms with Gasteiger partial charge in [-0.25, -0.2) is 0 Å². The van der Waals surface area contributed by atoms with E-state index in [1.807, 2.05) is 24.3 Å². The van der Waals surface area contributed by atoms with E-state index in [1.54, 1.807) is 12.4 Å². The van der Waals surface area contributed by atoms with Gasteiger partial charge in [0.1, 0.15) is 5.75 Å². The van der Waals surface area contributed by atoms with Gasteiger partial charge in [0.05, 0.1) is 0 Å². The molecule has 0 aliphatic heterocycles. The number of ketones is 1. The van der Waals surface area contributed by atoms with Gasteiger partial charge in [-0.05, 0) is 102 Å². The zero-order valence-corrected chi connectivity index (χ0v) is 15.7. The van der Waals surface area contributed by atoms with Gasteiger partial charge < -0.3 is 5.11 Å². The van der Waals surface area contributed by atoms with Crippen molar-refractivity contribution in [2.75, 3.05) is 0 Å². The number of pyridine rings is 1. The Morgan fingerprint density at radius 3 is 2.81 bits per heavy atom. The van der Waals surface area contributed by atoms with Crippen molar-refractivity contribution in [2.24, 2.45) is 17.3 Å². The lowest BCUT2D eigenvalue weighted by atomic mass is 9.55. The van der Waals surface area contributed by atoms with Crippen LogP contribution in [0.15, 0.2) is 48.3 Å². The summed E-state index contributed by atoms with van der Waals surface area (Å²) in [5.41, 5.74) is 4.55. The number of rotatable bonds is 1. The molecule has 2 fully saturated rings. The number of benzene rings is 1. The maximum atomic E-state index is 13.3. The van der Waals surface area contributed by atoms with Crippen LogP contribution < -0.4 is 0 Å². The second-order valence-electron chi connectivity index (χ2n) is 8.74. The number of phenols is 1. The van der Waals surface area contributed by atoms with Crippen molar-refractivity contribution in [3.63, 3.8) is 0 Å². The van der Waals surface area contributed by atoms with Crippen LogP contribution in [0.3, 0.4) is 0 Å². The lowest BCUT2D eigenvalue weighted by Gasteiger charge is -2.48. The average Bonchev–Trinajstić information content (AvgIpc) is 2.93. The van der Waals surface area contributed by atoms with E-state index in [-0.39, 0.29) is 5.41 Å². The van der Waals surface area contributed by atoms with Crippen molar-refractivity contribution in [3.05, 3.63) is 65.0 Å². The van der Waals surface area contributed by atoms with Crippen LogP contribution in [0.5, 0.6) is 5.75 Å². The van der Waals surface area contributed by atoms with E-state index < -0.39 is 0 Å². The van der Waals surface area contributed by atoms with Gasteiger partial charge in [-0.2, -0.15) is 0 Å². The topological polar surface area (TPSA) is 50.2 Å². The first-order valence-electron chi connectivity index (χ1n) is 10.0. The van der Waals surface area contributed by atoms with Crippen molar-refractivity contribution in [2.45, 2.75) is 44.9 Å². The summed E-state index contributed by atoms with van der Waals surface area (Å²) in [6.45, 7) is 2.20. The summed E-state index contributed by atoms with van der Waals surface area (Å²) in [5.74, 6) is 2.25. The molecule has 2 saturated carbocycles. The number of aryl methyl sites for hydroxylation is 1. The van der Waals surface area contributed by atoms with Crippen LogP contribution >= 0.6 is 0 Å². The first-order chi connectivity index (χ1) is 13.1. The van der Waals surface area contributed by atoms with Crippen molar-refractivity contribution >= 4 is 11.9 Å². The highest BCUT2D eigenvalue weighted by molar-refractivity contribution is 6.05. The molecule has 3 nitrogen and oxygen atoms in total. The SMILES string of the molecule is CC12CCC3c4ccc(O)cc4CCC3C1C/C(=C\c1ccncc1)C2=O. The summed E-state index contributed by atoms with van der Waals surface area (Å²) in [7, 11) is 0. The van der Waals surface area contributed by atoms with Crippen LogP contribution in [-0.4, -0.2) is 15.9 Å². The molecule has 3 heteroatoms. The third-order valence-electron chi connectivity index (χ3n) is 7.40. The molecule has 1 heterocycles. The first-order valence-corrected chi connectivity index (χ1v) is 10.0. The second-order valence-corrected chi connectivity index (χ2v) is 8.74. The predicted octanol–water partition coefficient (Wildman–Crippen LogP) is 4.91. The number of aromatic nitrogens is 1. The van der Waals surface area contributed by atoms with E-state index in [4.69, 9.17) is 0 Å². The van der Waals surface area contributed by atoms with Crippen molar-refractivity contribution in [1.29, 1.82) is 0 Å². The van der Waals surface area contributed by atoms with E-state index in [0.717, 1.165) is 43.2 Å². The minimum atomic E-state index is -0.214. The Labute approximate surface area is 160 Å². The highest BCUT2D eigenvalue weighted by Gasteiger charge is 2.56. The molecule has 0 saturated heterocycles. The molecule has 27 heavy (non-hydrogen) atoms. The summed E-state index contributed by atoms with van der Waals surface area (Å²) >= 11 is 0. The van der Waals surface area contributed by atoms with Crippen LogP contribution in [0.25, 0.3) is 6.08 Å². The monoisotopic (exact) mass is 359 g/mol. The zero-order chi connectivity index (χ0) is 18.6. The van der Waals surface area contributed by atoms with Gasteiger partial charge in [-0.15, -0.1) is 0 Å². The number of nitrogens with zero attached hydrogens (tertiary/aromatic N) is 1. The molecule has 5 rings (SSSR count). The smallest absolute Gasteiger partial charge is 0.165 e. The Balaban J connectivity index is 1.50. The molecule has 1 aromatic heterocycles. The number of aromatic hydroxyl groups is 1. The standard InChI is InChI=1S/C24H25NO2/c1-24-9-6-20-19-5-3-18(26)13-16(19)2-4-21(20)22(24)14-17(23(24)27)12-15-7-10-25-11-8-15/h3,5,7-8,10-13,20-22,26H,2,4,6,9,14H2,1H3/b17-12+. The number of hydrogen-bond acceptors (Lipinski definition) is 3. The van der Waals surface area contributed by atoms with Crippen LogP contribution in [0.1, 0.15) is 55.2 Å². The molecule has 1 aromatic carbocycles. The van der Waals surface area contributed by atoms with Crippen LogP contribution in [0.2, 0.25) is 0 Å². The molecular formula is C24H25NO2. The van der Waals surface area contributed by atoms with Crippen LogP contribution in [0.4, 0.5) is 0 Å². The highest BCUT2D eigenvalue weighted by Crippen LogP contribution is 2.60. The lowest BCUT2D eigenvalue weighted by molar-refractivity contribution is -0.127. The number of fused-ring (bicyclic) bond motifs is 5. The maximum Gasteiger partial charge on any atom is 0.165 e. The Kier molecular flexibility index (Phi) is 3.75. The van der Waals surface area contributed by atoms with Gasteiger partial charge in [0.2, 0.25) is 0 Å². The quantitative estimate of drug-likeness (QED) is 0.736. The van der Waals surface area contributed by atoms with Crippen molar-refractivity contribution in [3.8, 4) is 5.75 Å². The minimum absolute atomic E-state index is 0.214. The third-order valence-corrected chi connectivity index (χ3v) is 7.40. The number of allylic oxidation sites excluding steroid dienone is 1. The number of Topliss-reactive ketones (excluding diaryl/α,β-unsaturated/α-hetero) is 1. The fourth-order valence-electron chi connectivity index (χ4n) is 6.03. The normalized spacial score (nSPS) is 33.4.